The summed E-state index contributed by atoms with van der Waals surface area (Å²) in [6.45, 7) is 0.781. The number of hydrogen-bond acceptors (Lipinski definition) is 2. The summed E-state index contributed by atoms with van der Waals surface area (Å²) in [6, 6.07) is 4.40. The Morgan fingerprint density at radius 3 is 2.75 bits per heavy atom. The summed E-state index contributed by atoms with van der Waals surface area (Å²) in [7, 11) is 3.87. The van der Waals surface area contributed by atoms with Gasteiger partial charge in [0.15, 0.2) is 0 Å². The molecule has 0 aromatic heterocycles. The summed E-state index contributed by atoms with van der Waals surface area (Å²) in [4.78, 5) is 1.98. The second kappa shape index (κ2) is 6.18. The number of hydrogen-bond donors (Lipinski definition) is 1. The van der Waals surface area contributed by atoms with Crippen molar-refractivity contribution in [3.63, 3.8) is 0 Å². The van der Waals surface area contributed by atoms with Gasteiger partial charge in [-0.15, -0.1) is 0 Å². The molecule has 0 radical (unpaired) electrons. The molecule has 1 N–H and O–H groups in total. The van der Waals surface area contributed by atoms with E-state index in [1.54, 1.807) is 6.07 Å². The SMILES string of the molecule is CN(C)CCC(O)Cc1cc(Cl)ccc1F. The molecule has 90 valence electrons. The Morgan fingerprint density at radius 1 is 1.44 bits per heavy atom. The minimum atomic E-state index is -0.532. The van der Waals surface area contributed by atoms with Gasteiger partial charge in [-0.25, -0.2) is 4.39 Å². The number of rotatable bonds is 5. The van der Waals surface area contributed by atoms with E-state index in [2.05, 4.69) is 0 Å². The second-order valence-electron chi connectivity index (χ2n) is 4.19. The first-order chi connectivity index (χ1) is 7.49. The average Bonchev–Trinajstić information content (AvgIpc) is 2.20. The van der Waals surface area contributed by atoms with Crippen LogP contribution >= 0.6 is 11.6 Å². The van der Waals surface area contributed by atoms with Gasteiger partial charge in [0.05, 0.1) is 6.10 Å². The molecule has 1 rings (SSSR count). The topological polar surface area (TPSA) is 23.5 Å². The van der Waals surface area contributed by atoms with Crippen molar-refractivity contribution in [2.45, 2.75) is 18.9 Å². The zero-order valence-corrected chi connectivity index (χ0v) is 10.3. The Morgan fingerprint density at radius 2 is 2.12 bits per heavy atom. The zero-order valence-electron chi connectivity index (χ0n) is 9.58. The van der Waals surface area contributed by atoms with E-state index >= 15 is 0 Å². The molecule has 0 saturated carbocycles. The van der Waals surface area contributed by atoms with Crippen molar-refractivity contribution >= 4 is 11.6 Å². The van der Waals surface area contributed by atoms with Gasteiger partial charge in [0.25, 0.3) is 0 Å². The first kappa shape index (κ1) is 13.4. The molecule has 0 bridgehead atoms. The Kier molecular flexibility index (Phi) is 5.19. The van der Waals surface area contributed by atoms with Crippen molar-refractivity contribution in [2.75, 3.05) is 20.6 Å². The second-order valence-corrected chi connectivity index (χ2v) is 4.62. The van der Waals surface area contributed by atoms with Gasteiger partial charge in [-0.1, -0.05) is 11.6 Å². The van der Waals surface area contributed by atoms with Gasteiger partial charge in [0.1, 0.15) is 5.82 Å². The highest BCUT2D eigenvalue weighted by Crippen LogP contribution is 2.17. The van der Waals surface area contributed by atoms with Crippen molar-refractivity contribution in [1.29, 1.82) is 0 Å². The average molecular weight is 246 g/mol. The lowest BCUT2D eigenvalue weighted by atomic mass is 10.1. The Labute approximate surface area is 101 Å². The first-order valence-corrected chi connectivity index (χ1v) is 5.63. The lowest BCUT2D eigenvalue weighted by Gasteiger charge is -2.14. The molecular formula is C12H17ClFNO. The number of nitrogens with zero attached hydrogens (tertiary/aromatic N) is 1. The van der Waals surface area contributed by atoms with Crippen LogP contribution in [-0.2, 0) is 6.42 Å². The van der Waals surface area contributed by atoms with Crippen LogP contribution in [0.1, 0.15) is 12.0 Å². The maximum atomic E-state index is 13.3. The predicted octanol–water partition coefficient (Wildman–Crippen LogP) is 2.33. The minimum Gasteiger partial charge on any atom is -0.393 e. The molecule has 1 aromatic rings. The first-order valence-electron chi connectivity index (χ1n) is 5.25. The van der Waals surface area contributed by atoms with Gasteiger partial charge in [-0.2, -0.15) is 0 Å². The van der Waals surface area contributed by atoms with E-state index in [1.165, 1.54) is 12.1 Å². The molecule has 1 atom stereocenters. The highest BCUT2D eigenvalue weighted by atomic mass is 35.5. The molecule has 0 heterocycles. The van der Waals surface area contributed by atoms with Crippen molar-refractivity contribution in [3.05, 3.63) is 34.6 Å². The maximum Gasteiger partial charge on any atom is 0.126 e. The van der Waals surface area contributed by atoms with E-state index in [0.717, 1.165) is 6.54 Å². The van der Waals surface area contributed by atoms with E-state index in [1.807, 2.05) is 19.0 Å². The normalized spacial score (nSPS) is 13.1. The van der Waals surface area contributed by atoms with Crippen LogP contribution in [0.15, 0.2) is 18.2 Å². The van der Waals surface area contributed by atoms with Crippen molar-refractivity contribution < 1.29 is 9.50 Å². The Hall–Kier alpha value is -0.640. The lowest BCUT2D eigenvalue weighted by Crippen LogP contribution is -2.21. The molecule has 0 aliphatic rings. The molecule has 0 amide bonds. The number of aliphatic hydroxyl groups excluding tert-OH is 1. The van der Waals surface area contributed by atoms with Crippen molar-refractivity contribution in [3.8, 4) is 0 Å². The highest BCUT2D eigenvalue weighted by molar-refractivity contribution is 6.30. The third kappa shape index (κ3) is 4.47. The predicted molar refractivity (Wildman–Crippen MR) is 64.3 cm³/mol. The number of aliphatic hydroxyl groups is 1. The summed E-state index contributed by atoms with van der Waals surface area (Å²) in [5.41, 5.74) is 0.471. The van der Waals surface area contributed by atoms with Gasteiger partial charge in [0, 0.05) is 11.4 Å². The molecule has 0 fully saturated rings. The molecule has 1 aromatic carbocycles. The van der Waals surface area contributed by atoms with E-state index in [9.17, 15) is 9.50 Å². The molecule has 2 nitrogen and oxygen atoms in total. The smallest absolute Gasteiger partial charge is 0.126 e. The molecule has 0 spiro atoms. The van der Waals surface area contributed by atoms with E-state index in [0.29, 0.717) is 23.4 Å². The van der Waals surface area contributed by atoms with E-state index in [4.69, 9.17) is 11.6 Å². The summed E-state index contributed by atoms with van der Waals surface area (Å²) in [5, 5.41) is 10.2. The molecule has 0 saturated heterocycles. The van der Waals surface area contributed by atoms with Gasteiger partial charge in [-0.05, 0) is 50.8 Å². The van der Waals surface area contributed by atoms with Crippen LogP contribution in [-0.4, -0.2) is 36.8 Å². The molecule has 0 aliphatic heterocycles. The fraction of sp³-hybridized carbons (Fsp3) is 0.500. The molecule has 4 heteroatoms. The maximum absolute atomic E-state index is 13.3. The van der Waals surface area contributed by atoms with Gasteiger partial charge in [-0.3, -0.25) is 0 Å². The largest absolute Gasteiger partial charge is 0.393 e. The van der Waals surface area contributed by atoms with E-state index < -0.39 is 6.10 Å². The minimum absolute atomic E-state index is 0.306. The standard InChI is InChI=1S/C12H17ClFNO/c1-15(2)6-5-11(16)8-9-7-10(13)3-4-12(9)14/h3-4,7,11,16H,5-6,8H2,1-2H3. The van der Waals surface area contributed by atoms with Gasteiger partial charge in [0.2, 0.25) is 0 Å². The zero-order chi connectivity index (χ0) is 12.1. The third-order valence-electron chi connectivity index (χ3n) is 2.37. The summed E-state index contributed by atoms with van der Waals surface area (Å²) >= 11 is 5.77. The molecule has 1 unspecified atom stereocenters. The Balaban J connectivity index is 2.55. The van der Waals surface area contributed by atoms with Gasteiger partial charge >= 0.3 is 0 Å². The van der Waals surface area contributed by atoms with Crippen LogP contribution in [0.3, 0.4) is 0 Å². The molecular weight excluding hydrogens is 229 g/mol. The third-order valence-corrected chi connectivity index (χ3v) is 2.61. The summed E-state index contributed by atoms with van der Waals surface area (Å²) in [6.07, 6.45) is 0.398. The fourth-order valence-corrected chi connectivity index (χ4v) is 1.66. The fourth-order valence-electron chi connectivity index (χ4n) is 1.46. The number of halogens is 2. The molecule has 16 heavy (non-hydrogen) atoms. The van der Waals surface area contributed by atoms with Crippen molar-refractivity contribution in [1.82, 2.24) is 4.90 Å². The van der Waals surface area contributed by atoms with Crippen LogP contribution in [0.25, 0.3) is 0 Å². The monoisotopic (exact) mass is 245 g/mol. The van der Waals surface area contributed by atoms with Crippen molar-refractivity contribution in [2.24, 2.45) is 0 Å². The Bertz CT molecular complexity index is 344. The van der Waals surface area contributed by atoms with Crippen LogP contribution in [0.4, 0.5) is 4.39 Å². The van der Waals surface area contributed by atoms with E-state index in [-0.39, 0.29) is 5.82 Å². The quantitative estimate of drug-likeness (QED) is 0.861. The number of benzene rings is 1. The van der Waals surface area contributed by atoms with Crippen LogP contribution in [0, 0.1) is 5.82 Å². The summed E-state index contributed by atoms with van der Waals surface area (Å²) in [5.74, 6) is -0.312. The highest BCUT2D eigenvalue weighted by Gasteiger charge is 2.10. The summed E-state index contributed by atoms with van der Waals surface area (Å²) < 4.78 is 13.3. The van der Waals surface area contributed by atoms with Crippen LogP contribution in [0.2, 0.25) is 5.02 Å². The lowest BCUT2D eigenvalue weighted by molar-refractivity contribution is 0.151. The van der Waals surface area contributed by atoms with Crippen LogP contribution in [0.5, 0.6) is 0 Å². The molecule has 0 aliphatic carbocycles. The van der Waals surface area contributed by atoms with Gasteiger partial charge < -0.3 is 10.0 Å². The van der Waals surface area contributed by atoms with Crippen LogP contribution < -0.4 is 0 Å².